The van der Waals surface area contributed by atoms with Crippen molar-refractivity contribution in [2.75, 3.05) is 22.1 Å². The van der Waals surface area contributed by atoms with E-state index in [0.717, 1.165) is 21.1 Å². The molecule has 0 spiro atoms. The largest absolute Gasteiger partial charge is 0.300 e. The molecular formula is C22H16N8O2S5. The third kappa shape index (κ3) is 7.17. The molecule has 3 aromatic heterocycles. The predicted octanol–water partition coefficient (Wildman–Crippen LogP) is 5.04. The topological polar surface area (TPSA) is 136 Å². The first kappa shape index (κ1) is 25.4. The molecule has 0 bridgehead atoms. The van der Waals surface area contributed by atoms with Crippen LogP contribution in [0.25, 0.3) is 21.1 Å². The van der Waals surface area contributed by atoms with Gasteiger partial charge in [-0.25, -0.2) is 0 Å². The Bertz CT molecular complexity index is 1380. The third-order valence-electron chi connectivity index (χ3n) is 4.43. The Balaban J connectivity index is 1.05. The lowest BCUT2D eigenvalue weighted by Crippen LogP contribution is -2.13. The van der Waals surface area contributed by atoms with E-state index in [2.05, 4.69) is 41.2 Å². The Morgan fingerprint density at radius 3 is 1.46 bits per heavy atom. The summed E-state index contributed by atoms with van der Waals surface area (Å²) in [6.07, 6.45) is 0. The summed E-state index contributed by atoms with van der Waals surface area (Å²) in [7, 11) is 0. The molecule has 186 valence electrons. The van der Waals surface area contributed by atoms with E-state index < -0.39 is 0 Å². The van der Waals surface area contributed by atoms with Crippen LogP contribution in [0.5, 0.6) is 0 Å². The molecule has 5 aromatic rings. The smallest absolute Gasteiger partial charge is 0.236 e. The zero-order valence-corrected chi connectivity index (χ0v) is 22.8. The fourth-order valence-corrected chi connectivity index (χ4v) is 6.97. The van der Waals surface area contributed by atoms with Crippen molar-refractivity contribution in [2.24, 2.45) is 0 Å². The van der Waals surface area contributed by atoms with Crippen molar-refractivity contribution in [2.45, 2.75) is 8.68 Å². The van der Waals surface area contributed by atoms with Gasteiger partial charge in [0.25, 0.3) is 0 Å². The minimum absolute atomic E-state index is 0.154. The van der Waals surface area contributed by atoms with Crippen LogP contribution in [-0.4, -0.2) is 53.9 Å². The van der Waals surface area contributed by atoms with Gasteiger partial charge in [-0.05, 0) is 0 Å². The number of hydrogen-bond donors (Lipinski definition) is 2. The molecule has 2 amide bonds. The molecule has 2 aromatic carbocycles. The van der Waals surface area contributed by atoms with E-state index in [1.165, 1.54) is 57.5 Å². The van der Waals surface area contributed by atoms with Crippen LogP contribution in [-0.2, 0) is 9.59 Å². The van der Waals surface area contributed by atoms with Gasteiger partial charge in [0.2, 0.25) is 22.1 Å². The summed E-state index contributed by atoms with van der Waals surface area (Å²) in [5, 5.41) is 32.4. The van der Waals surface area contributed by atoms with Crippen LogP contribution in [0.3, 0.4) is 0 Å². The van der Waals surface area contributed by atoms with Crippen molar-refractivity contribution < 1.29 is 9.59 Å². The van der Waals surface area contributed by atoms with Crippen molar-refractivity contribution >= 4 is 79.6 Å². The zero-order valence-electron chi connectivity index (χ0n) is 18.7. The number of nitrogens with one attached hydrogen (secondary N) is 2. The maximum atomic E-state index is 12.3. The first-order chi connectivity index (χ1) is 18.1. The molecule has 10 nitrogen and oxygen atoms in total. The highest BCUT2D eigenvalue weighted by molar-refractivity contribution is 8.03. The number of carbonyl (C=O) groups is 2. The minimum atomic E-state index is -0.212. The van der Waals surface area contributed by atoms with Gasteiger partial charge >= 0.3 is 0 Å². The lowest BCUT2D eigenvalue weighted by atomic mass is 10.2. The zero-order chi connectivity index (χ0) is 25.5. The maximum absolute atomic E-state index is 12.3. The third-order valence-corrected chi connectivity index (χ3v) is 9.39. The highest BCUT2D eigenvalue weighted by atomic mass is 32.2. The van der Waals surface area contributed by atoms with Crippen molar-refractivity contribution in [3.05, 3.63) is 60.7 Å². The number of carbonyl (C=O) groups excluding carboxylic acids is 2. The Labute approximate surface area is 231 Å². The number of hydrogen-bond acceptors (Lipinski definition) is 13. The molecule has 0 saturated carbocycles. The normalized spacial score (nSPS) is 10.8. The number of thioether (sulfide) groups is 2. The second kappa shape index (κ2) is 12.3. The standard InChI is InChI=1S/C22H16N8O2S5/c31-15(23-19-27-25-17(35-19)13-7-3-1-4-8-13)11-33-21-29-30-22(37-21)34-12-16(32)24-20-28-26-18(36-20)14-9-5-2-6-10-14/h1-10H,11-12H2,(H,23,27,31)(H,24,28,32). The van der Waals surface area contributed by atoms with Gasteiger partial charge in [-0.15, -0.1) is 30.6 Å². The van der Waals surface area contributed by atoms with Gasteiger partial charge in [-0.1, -0.05) is 118 Å². The van der Waals surface area contributed by atoms with Gasteiger partial charge < -0.3 is 0 Å². The fourth-order valence-electron chi connectivity index (χ4n) is 2.82. The molecule has 0 atom stereocenters. The van der Waals surface area contributed by atoms with Gasteiger partial charge in [0.15, 0.2) is 8.68 Å². The van der Waals surface area contributed by atoms with Crippen LogP contribution >= 0.6 is 57.5 Å². The average molecular weight is 585 g/mol. The van der Waals surface area contributed by atoms with Crippen molar-refractivity contribution in [3.8, 4) is 21.1 Å². The molecule has 0 fully saturated rings. The van der Waals surface area contributed by atoms with Crippen LogP contribution in [0.15, 0.2) is 69.3 Å². The Kier molecular flexibility index (Phi) is 8.47. The first-order valence-corrected chi connectivity index (χ1v) is 15.0. The molecule has 0 radical (unpaired) electrons. The molecule has 15 heteroatoms. The summed E-state index contributed by atoms with van der Waals surface area (Å²) in [6.45, 7) is 0. The van der Waals surface area contributed by atoms with E-state index in [-0.39, 0.29) is 23.3 Å². The Morgan fingerprint density at radius 2 is 1.03 bits per heavy atom. The Morgan fingerprint density at radius 1 is 0.595 bits per heavy atom. The Hall–Kier alpha value is -3.24. The summed E-state index contributed by atoms with van der Waals surface area (Å²) >= 11 is 6.49. The van der Waals surface area contributed by atoms with Crippen LogP contribution < -0.4 is 10.6 Å². The van der Waals surface area contributed by atoms with E-state index >= 15 is 0 Å². The first-order valence-electron chi connectivity index (χ1n) is 10.6. The molecule has 37 heavy (non-hydrogen) atoms. The van der Waals surface area contributed by atoms with Crippen LogP contribution in [0.2, 0.25) is 0 Å². The van der Waals surface area contributed by atoms with E-state index in [1.807, 2.05) is 60.7 Å². The maximum Gasteiger partial charge on any atom is 0.236 e. The highest BCUT2D eigenvalue weighted by Gasteiger charge is 2.14. The summed E-state index contributed by atoms with van der Waals surface area (Å²) < 4.78 is 1.27. The minimum Gasteiger partial charge on any atom is -0.300 e. The number of nitrogens with zero attached hydrogens (tertiary/aromatic N) is 6. The molecule has 0 saturated heterocycles. The summed E-state index contributed by atoms with van der Waals surface area (Å²) in [4.78, 5) is 24.6. The molecule has 0 unspecified atom stereocenters. The second-order valence-electron chi connectivity index (χ2n) is 7.06. The lowest BCUT2D eigenvalue weighted by Gasteiger charge is -1.99. The molecule has 0 aliphatic carbocycles. The predicted molar refractivity (Wildman–Crippen MR) is 149 cm³/mol. The molecule has 2 N–H and O–H groups in total. The molecular weight excluding hydrogens is 569 g/mol. The molecule has 5 rings (SSSR count). The summed E-state index contributed by atoms with van der Waals surface area (Å²) in [6, 6.07) is 19.3. The van der Waals surface area contributed by atoms with Crippen LogP contribution in [0, 0.1) is 0 Å². The average Bonchev–Trinajstić information content (AvgIpc) is 3.69. The van der Waals surface area contributed by atoms with Gasteiger partial charge in [0.1, 0.15) is 10.0 Å². The quantitative estimate of drug-likeness (QED) is 0.215. The summed E-state index contributed by atoms with van der Waals surface area (Å²) in [5.74, 6) is -0.116. The lowest BCUT2D eigenvalue weighted by molar-refractivity contribution is -0.114. The number of anilines is 2. The molecule has 0 aliphatic heterocycles. The van der Waals surface area contributed by atoms with E-state index in [9.17, 15) is 9.59 Å². The SMILES string of the molecule is O=C(CSc1nnc(SCC(=O)Nc2nnc(-c3ccccc3)s2)s1)Nc1nnc(-c2ccccc2)s1. The van der Waals surface area contributed by atoms with Gasteiger partial charge in [-0.2, -0.15) is 0 Å². The number of amides is 2. The van der Waals surface area contributed by atoms with E-state index in [4.69, 9.17) is 0 Å². The van der Waals surface area contributed by atoms with Gasteiger partial charge in [0.05, 0.1) is 11.5 Å². The number of aromatic nitrogens is 6. The van der Waals surface area contributed by atoms with E-state index in [0.29, 0.717) is 18.9 Å². The fraction of sp³-hybridized carbons (Fsp3) is 0.0909. The number of rotatable bonds is 10. The summed E-state index contributed by atoms with van der Waals surface area (Å²) in [5.41, 5.74) is 1.89. The molecule has 0 aliphatic rings. The number of benzene rings is 2. The van der Waals surface area contributed by atoms with Gasteiger partial charge in [-0.3, -0.25) is 20.2 Å². The second-order valence-corrected chi connectivity index (χ2v) is 12.4. The van der Waals surface area contributed by atoms with Crippen molar-refractivity contribution in [1.29, 1.82) is 0 Å². The van der Waals surface area contributed by atoms with Gasteiger partial charge in [0, 0.05) is 11.1 Å². The monoisotopic (exact) mass is 584 g/mol. The highest BCUT2D eigenvalue weighted by Crippen LogP contribution is 2.30. The van der Waals surface area contributed by atoms with Crippen LogP contribution in [0.4, 0.5) is 10.3 Å². The van der Waals surface area contributed by atoms with E-state index in [1.54, 1.807) is 0 Å². The van der Waals surface area contributed by atoms with Crippen molar-refractivity contribution in [1.82, 2.24) is 30.6 Å². The van der Waals surface area contributed by atoms with Crippen LogP contribution in [0.1, 0.15) is 0 Å². The molecule has 3 heterocycles. The van der Waals surface area contributed by atoms with Crippen molar-refractivity contribution in [3.63, 3.8) is 0 Å².